The molecule has 1 aromatic rings. The third-order valence-corrected chi connectivity index (χ3v) is 5.82. The van der Waals surface area contributed by atoms with Gasteiger partial charge in [0.1, 0.15) is 0 Å². The lowest BCUT2D eigenvalue weighted by atomic mass is 10.3. The highest BCUT2D eigenvalue weighted by Gasteiger charge is 2.31. The lowest BCUT2D eigenvalue weighted by Crippen LogP contribution is -2.33. The Balaban J connectivity index is 0.00000180. The van der Waals surface area contributed by atoms with Gasteiger partial charge in [-0.3, -0.25) is 0 Å². The van der Waals surface area contributed by atoms with Crippen LogP contribution in [-0.2, 0) is 10.0 Å². The molecule has 0 radical (unpaired) electrons. The van der Waals surface area contributed by atoms with Gasteiger partial charge in [-0.25, -0.2) is 8.42 Å². The van der Waals surface area contributed by atoms with Gasteiger partial charge in [0.05, 0.1) is 4.90 Å². The maximum Gasteiger partial charge on any atom is 0.243 e. The van der Waals surface area contributed by atoms with Gasteiger partial charge in [-0.2, -0.15) is 4.31 Å². The van der Waals surface area contributed by atoms with Crippen LogP contribution in [0.15, 0.2) is 34.1 Å². The van der Waals surface area contributed by atoms with Crippen LogP contribution in [0.3, 0.4) is 0 Å². The van der Waals surface area contributed by atoms with Gasteiger partial charge in [-0.05, 0) is 37.9 Å². The van der Waals surface area contributed by atoms with Crippen LogP contribution in [0.5, 0.6) is 0 Å². The molecule has 1 N–H and O–H groups in total. The molecule has 108 valence electrons. The van der Waals surface area contributed by atoms with E-state index < -0.39 is 10.0 Å². The van der Waals surface area contributed by atoms with Crippen LogP contribution >= 0.6 is 24.2 Å². The van der Waals surface area contributed by atoms with Gasteiger partial charge in [0, 0.05) is 24.0 Å². The molecule has 1 aliphatic heterocycles. The normalized spacial score (nSPS) is 20.2. The molecule has 0 aliphatic carbocycles. The Labute approximate surface area is 125 Å². The second-order valence-electron chi connectivity index (χ2n) is 4.32. The maximum absolute atomic E-state index is 12.5. The highest BCUT2D eigenvalue weighted by atomic mass is 35.5. The molecule has 1 fully saturated rings. The number of nitrogens with one attached hydrogen (secondary N) is 1. The van der Waals surface area contributed by atoms with E-state index in [-0.39, 0.29) is 18.4 Å². The molecular formula is C12H19ClN2O2S2. The van der Waals surface area contributed by atoms with Gasteiger partial charge >= 0.3 is 0 Å². The van der Waals surface area contributed by atoms with E-state index in [0.29, 0.717) is 18.0 Å². The summed E-state index contributed by atoms with van der Waals surface area (Å²) in [6.45, 7) is 1.15. The van der Waals surface area contributed by atoms with Crippen LogP contribution in [0.2, 0.25) is 0 Å². The van der Waals surface area contributed by atoms with Crippen molar-refractivity contribution in [3.05, 3.63) is 24.3 Å². The highest BCUT2D eigenvalue weighted by Crippen LogP contribution is 2.24. The Bertz CT molecular complexity index is 522. The number of benzene rings is 1. The molecule has 19 heavy (non-hydrogen) atoms. The zero-order chi connectivity index (χ0) is 13.2. The number of hydrogen-bond acceptors (Lipinski definition) is 4. The molecule has 7 heteroatoms. The first-order valence-corrected chi connectivity index (χ1v) is 8.56. The Morgan fingerprint density at radius 2 is 2.16 bits per heavy atom. The van der Waals surface area contributed by atoms with E-state index in [1.54, 1.807) is 34.3 Å². The first-order valence-electron chi connectivity index (χ1n) is 5.89. The summed E-state index contributed by atoms with van der Waals surface area (Å²) >= 11 is 1.55. The molecule has 1 aromatic carbocycles. The van der Waals surface area contributed by atoms with Crippen molar-refractivity contribution in [2.45, 2.75) is 22.3 Å². The fourth-order valence-corrected chi connectivity index (χ4v) is 4.17. The molecule has 1 atom stereocenters. The number of hydrogen-bond donors (Lipinski definition) is 1. The summed E-state index contributed by atoms with van der Waals surface area (Å²) in [5.41, 5.74) is 0. The minimum Gasteiger partial charge on any atom is -0.316 e. The summed E-state index contributed by atoms with van der Waals surface area (Å²) in [6, 6.07) is 7.39. The number of halogens is 1. The van der Waals surface area contributed by atoms with Crippen molar-refractivity contribution in [1.82, 2.24) is 9.62 Å². The van der Waals surface area contributed by atoms with E-state index in [1.165, 1.54) is 0 Å². The summed E-state index contributed by atoms with van der Waals surface area (Å²) < 4.78 is 26.5. The lowest BCUT2D eigenvalue weighted by Gasteiger charge is -2.16. The summed E-state index contributed by atoms with van der Waals surface area (Å²) in [6.07, 6.45) is 2.82. The average molecular weight is 323 g/mol. The number of rotatable bonds is 4. The molecule has 0 saturated carbocycles. The summed E-state index contributed by atoms with van der Waals surface area (Å²) in [5, 5.41) is 3.13. The van der Waals surface area contributed by atoms with Crippen LogP contribution in [0, 0.1) is 0 Å². The molecular weight excluding hydrogens is 304 g/mol. The van der Waals surface area contributed by atoms with E-state index >= 15 is 0 Å². The van der Waals surface area contributed by atoms with Crippen LogP contribution in [0.1, 0.15) is 6.42 Å². The average Bonchev–Trinajstić information content (AvgIpc) is 2.88. The quantitative estimate of drug-likeness (QED) is 0.859. The molecule has 1 unspecified atom stereocenters. The van der Waals surface area contributed by atoms with Gasteiger partial charge in [-0.15, -0.1) is 24.2 Å². The van der Waals surface area contributed by atoms with Crippen molar-refractivity contribution in [2.75, 3.05) is 26.4 Å². The molecule has 1 heterocycles. The van der Waals surface area contributed by atoms with Gasteiger partial charge in [0.25, 0.3) is 0 Å². The number of thioether (sulfide) groups is 1. The van der Waals surface area contributed by atoms with E-state index in [1.807, 2.05) is 19.4 Å². The predicted molar refractivity (Wildman–Crippen MR) is 81.7 cm³/mol. The molecule has 0 amide bonds. The van der Waals surface area contributed by atoms with Crippen molar-refractivity contribution in [3.8, 4) is 0 Å². The van der Waals surface area contributed by atoms with Crippen molar-refractivity contribution >= 4 is 34.2 Å². The van der Waals surface area contributed by atoms with E-state index in [0.717, 1.165) is 11.3 Å². The number of sulfonamides is 1. The SMILES string of the molecule is CNC1CCN(S(=O)(=O)c2cccc(SC)c2)C1.Cl. The van der Waals surface area contributed by atoms with E-state index in [4.69, 9.17) is 0 Å². The van der Waals surface area contributed by atoms with E-state index in [2.05, 4.69) is 5.32 Å². The molecule has 0 bridgehead atoms. The molecule has 0 aromatic heterocycles. The zero-order valence-electron chi connectivity index (χ0n) is 11.0. The lowest BCUT2D eigenvalue weighted by molar-refractivity contribution is 0.464. The van der Waals surface area contributed by atoms with Crippen LogP contribution < -0.4 is 5.32 Å². The largest absolute Gasteiger partial charge is 0.316 e. The number of likely N-dealkylation sites (N-methyl/N-ethyl adjacent to an activating group) is 1. The molecule has 2 rings (SSSR count). The van der Waals surface area contributed by atoms with Gasteiger partial charge < -0.3 is 5.32 Å². The molecule has 1 aliphatic rings. The summed E-state index contributed by atoms with van der Waals surface area (Å²) in [4.78, 5) is 1.37. The van der Waals surface area contributed by atoms with Crippen molar-refractivity contribution < 1.29 is 8.42 Å². The first kappa shape index (κ1) is 16.8. The van der Waals surface area contributed by atoms with Gasteiger partial charge in [0.15, 0.2) is 0 Å². The topological polar surface area (TPSA) is 49.4 Å². The Hall–Kier alpha value is -0.270. The minimum atomic E-state index is -3.33. The van der Waals surface area contributed by atoms with Gasteiger partial charge in [-0.1, -0.05) is 6.07 Å². The fraction of sp³-hybridized carbons (Fsp3) is 0.500. The van der Waals surface area contributed by atoms with Crippen molar-refractivity contribution in [1.29, 1.82) is 0 Å². The molecule has 1 saturated heterocycles. The number of nitrogens with zero attached hydrogens (tertiary/aromatic N) is 1. The Morgan fingerprint density at radius 3 is 2.74 bits per heavy atom. The van der Waals surface area contributed by atoms with E-state index in [9.17, 15) is 8.42 Å². The third kappa shape index (κ3) is 3.64. The third-order valence-electron chi connectivity index (χ3n) is 3.24. The zero-order valence-corrected chi connectivity index (χ0v) is 13.4. The smallest absolute Gasteiger partial charge is 0.243 e. The van der Waals surface area contributed by atoms with Crippen molar-refractivity contribution in [2.24, 2.45) is 0 Å². The fourth-order valence-electron chi connectivity index (χ4n) is 2.09. The Kier molecular flexibility index (Phi) is 6.14. The van der Waals surface area contributed by atoms with Crippen LogP contribution in [-0.4, -0.2) is 45.2 Å². The molecule has 0 spiro atoms. The van der Waals surface area contributed by atoms with Crippen LogP contribution in [0.4, 0.5) is 0 Å². The minimum absolute atomic E-state index is 0. The first-order chi connectivity index (χ1) is 8.57. The monoisotopic (exact) mass is 322 g/mol. The van der Waals surface area contributed by atoms with Gasteiger partial charge in [0.2, 0.25) is 10.0 Å². The maximum atomic E-state index is 12.5. The molecule has 4 nitrogen and oxygen atoms in total. The Morgan fingerprint density at radius 1 is 1.42 bits per heavy atom. The van der Waals surface area contributed by atoms with Crippen molar-refractivity contribution in [3.63, 3.8) is 0 Å². The highest BCUT2D eigenvalue weighted by molar-refractivity contribution is 7.98. The van der Waals surface area contributed by atoms with Crippen LogP contribution in [0.25, 0.3) is 0 Å². The summed E-state index contributed by atoms with van der Waals surface area (Å²) in [7, 11) is -1.46. The second kappa shape index (κ2) is 6.95. The predicted octanol–water partition coefficient (Wildman–Crippen LogP) is 1.81. The standard InChI is InChI=1S/C12H18N2O2S2.ClH/c1-13-10-6-7-14(9-10)18(15,16)12-5-3-4-11(8-12)17-2;/h3-5,8,10,13H,6-7,9H2,1-2H3;1H. The summed E-state index contributed by atoms with van der Waals surface area (Å²) in [5.74, 6) is 0. The second-order valence-corrected chi connectivity index (χ2v) is 7.13.